The van der Waals surface area contributed by atoms with E-state index in [1.807, 2.05) is 36.4 Å². The van der Waals surface area contributed by atoms with Gasteiger partial charge in [-0.25, -0.2) is 8.78 Å². The van der Waals surface area contributed by atoms with Crippen molar-refractivity contribution in [1.29, 1.82) is 0 Å². The van der Waals surface area contributed by atoms with Crippen LogP contribution in [-0.2, 0) is 11.8 Å². The van der Waals surface area contributed by atoms with Gasteiger partial charge in [0.1, 0.15) is 5.69 Å². The van der Waals surface area contributed by atoms with Gasteiger partial charge in [-0.2, -0.15) is 5.10 Å². The summed E-state index contributed by atoms with van der Waals surface area (Å²) < 4.78 is 27.7. The van der Waals surface area contributed by atoms with Crippen LogP contribution in [0.2, 0.25) is 0 Å². The summed E-state index contributed by atoms with van der Waals surface area (Å²) in [7, 11) is 0. The van der Waals surface area contributed by atoms with Crippen molar-refractivity contribution in [2.24, 2.45) is 0 Å². The Labute approximate surface area is 164 Å². The molecule has 0 spiro atoms. The molecule has 6 heteroatoms. The number of rotatable bonds is 3. The number of fused-ring (bicyclic) bond motifs is 1. The van der Waals surface area contributed by atoms with Gasteiger partial charge < -0.3 is 0 Å². The standard InChI is InChI=1S/C22H15F2N3S/c23-17-7-6-15(10-18(17)24)22(14-4-2-1-3-5-14)9-8-16-19(11-22)26-27-21(16)20-12-25-13-28-20/h1-10,12-13H,11H2,(H,26,27). The Morgan fingerprint density at radius 1 is 1.00 bits per heavy atom. The van der Waals surface area contributed by atoms with Crippen LogP contribution in [0.25, 0.3) is 16.6 Å². The number of aromatic nitrogens is 3. The van der Waals surface area contributed by atoms with E-state index in [0.717, 1.165) is 27.4 Å². The number of halogens is 2. The van der Waals surface area contributed by atoms with Gasteiger partial charge in [-0.05, 0) is 23.3 Å². The van der Waals surface area contributed by atoms with Crippen molar-refractivity contribution in [3.05, 3.63) is 100 Å². The Morgan fingerprint density at radius 3 is 2.61 bits per heavy atom. The summed E-state index contributed by atoms with van der Waals surface area (Å²) in [6.07, 6.45) is 6.45. The van der Waals surface area contributed by atoms with Crippen LogP contribution in [0.15, 0.2) is 66.3 Å². The Bertz CT molecular complexity index is 1170. The molecule has 1 N–H and O–H groups in total. The number of nitrogens with one attached hydrogen (secondary N) is 1. The van der Waals surface area contributed by atoms with Crippen molar-refractivity contribution in [1.82, 2.24) is 15.2 Å². The molecule has 0 saturated heterocycles. The fraction of sp³-hybridized carbons (Fsp3) is 0.0909. The average molecular weight is 391 g/mol. The number of benzene rings is 2. The minimum atomic E-state index is -0.846. The van der Waals surface area contributed by atoms with Crippen LogP contribution in [0.4, 0.5) is 8.78 Å². The first kappa shape index (κ1) is 17.0. The quantitative estimate of drug-likeness (QED) is 0.510. The molecule has 0 fully saturated rings. The predicted octanol–water partition coefficient (Wildman–Crippen LogP) is 5.37. The summed E-state index contributed by atoms with van der Waals surface area (Å²) in [6, 6.07) is 14.0. The first-order valence-electron chi connectivity index (χ1n) is 8.84. The van der Waals surface area contributed by atoms with E-state index in [-0.39, 0.29) is 0 Å². The normalized spacial score (nSPS) is 18.2. The van der Waals surface area contributed by atoms with Gasteiger partial charge >= 0.3 is 0 Å². The van der Waals surface area contributed by atoms with Gasteiger partial charge in [0.25, 0.3) is 0 Å². The molecule has 2 aromatic heterocycles. The molecular formula is C22H15F2N3S. The SMILES string of the molecule is Fc1ccc(C2(c3ccccc3)C=Cc3c(-c4cncs4)n[nH]c3C2)cc1F. The Kier molecular flexibility index (Phi) is 3.94. The van der Waals surface area contributed by atoms with Crippen molar-refractivity contribution < 1.29 is 8.78 Å². The lowest BCUT2D eigenvalue weighted by Gasteiger charge is -2.34. The summed E-state index contributed by atoms with van der Waals surface area (Å²) in [6.45, 7) is 0. The van der Waals surface area contributed by atoms with E-state index in [4.69, 9.17) is 0 Å². The fourth-order valence-electron chi connectivity index (χ4n) is 3.86. The summed E-state index contributed by atoms with van der Waals surface area (Å²) in [5, 5.41) is 7.63. The van der Waals surface area contributed by atoms with E-state index in [0.29, 0.717) is 12.0 Å². The van der Waals surface area contributed by atoms with E-state index >= 15 is 0 Å². The van der Waals surface area contributed by atoms with Gasteiger partial charge in [-0.15, -0.1) is 11.3 Å². The predicted molar refractivity (Wildman–Crippen MR) is 106 cm³/mol. The van der Waals surface area contributed by atoms with Crippen molar-refractivity contribution >= 4 is 17.4 Å². The molecule has 28 heavy (non-hydrogen) atoms. The van der Waals surface area contributed by atoms with E-state index in [2.05, 4.69) is 21.3 Å². The van der Waals surface area contributed by atoms with Crippen molar-refractivity contribution in [2.45, 2.75) is 11.8 Å². The van der Waals surface area contributed by atoms with Crippen molar-refractivity contribution in [3.63, 3.8) is 0 Å². The van der Waals surface area contributed by atoms with Crippen LogP contribution < -0.4 is 0 Å². The Morgan fingerprint density at radius 2 is 1.86 bits per heavy atom. The zero-order valence-electron chi connectivity index (χ0n) is 14.7. The van der Waals surface area contributed by atoms with Gasteiger partial charge in [-0.3, -0.25) is 10.1 Å². The summed E-state index contributed by atoms with van der Waals surface area (Å²) >= 11 is 1.53. The third-order valence-corrected chi connectivity index (χ3v) is 6.04. The molecule has 0 bridgehead atoms. The van der Waals surface area contributed by atoms with Crippen LogP contribution in [0.1, 0.15) is 22.4 Å². The largest absolute Gasteiger partial charge is 0.281 e. The molecule has 1 atom stereocenters. The second-order valence-electron chi connectivity index (χ2n) is 6.81. The molecule has 138 valence electrons. The molecule has 5 rings (SSSR count). The Hall–Kier alpha value is -3.12. The molecule has 1 unspecified atom stereocenters. The monoisotopic (exact) mass is 391 g/mol. The fourth-order valence-corrected chi connectivity index (χ4v) is 4.48. The van der Waals surface area contributed by atoms with Gasteiger partial charge in [0.05, 0.1) is 10.4 Å². The highest BCUT2D eigenvalue weighted by molar-refractivity contribution is 7.13. The molecule has 0 amide bonds. The van der Waals surface area contributed by atoms with Crippen LogP contribution in [0.3, 0.4) is 0 Å². The number of hydrogen-bond acceptors (Lipinski definition) is 3. The maximum atomic E-state index is 14.1. The smallest absolute Gasteiger partial charge is 0.159 e. The molecule has 3 nitrogen and oxygen atoms in total. The summed E-state index contributed by atoms with van der Waals surface area (Å²) in [4.78, 5) is 5.12. The zero-order valence-corrected chi connectivity index (χ0v) is 15.5. The summed E-state index contributed by atoms with van der Waals surface area (Å²) in [5.74, 6) is -1.69. The number of H-pyrrole nitrogens is 1. The average Bonchev–Trinajstić information content (AvgIpc) is 3.39. The molecule has 1 aliphatic rings. The lowest BCUT2D eigenvalue weighted by atomic mass is 9.68. The van der Waals surface area contributed by atoms with Crippen LogP contribution in [-0.4, -0.2) is 15.2 Å². The Balaban J connectivity index is 1.68. The second kappa shape index (κ2) is 6.49. The van der Waals surface area contributed by atoms with Crippen molar-refractivity contribution in [3.8, 4) is 10.6 Å². The molecule has 0 radical (unpaired) electrons. The minimum absolute atomic E-state index is 0.569. The third kappa shape index (κ3) is 2.60. The van der Waals surface area contributed by atoms with Crippen LogP contribution >= 0.6 is 11.3 Å². The first-order valence-corrected chi connectivity index (χ1v) is 9.72. The molecule has 1 aliphatic carbocycles. The van der Waals surface area contributed by atoms with E-state index in [9.17, 15) is 8.78 Å². The maximum absolute atomic E-state index is 14.1. The summed E-state index contributed by atoms with van der Waals surface area (Å²) in [5.41, 5.74) is 5.71. The molecule has 2 heterocycles. The van der Waals surface area contributed by atoms with Gasteiger partial charge in [0, 0.05) is 29.3 Å². The number of hydrogen-bond donors (Lipinski definition) is 1. The second-order valence-corrected chi connectivity index (χ2v) is 7.69. The maximum Gasteiger partial charge on any atom is 0.159 e. The van der Waals surface area contributed by atoms with E-state index < -0.39 is 17.0 Å². The molecular weight excluding hydrogens is 376 g/mol. The zero-order chi connectivity index (χ0) is 19.1. The number of allylic oxidation sites excluding steroid dienone is 1. The van der Waals surface area contributed by atoms with E-state index in [1.165, 1.54) is 23.5 Å². The lowest BCUT2D eigenvalue weighted by Crippen LogP contribution is -2.30. The van der Waals surface area contributed by atoms with Gasteiger partial charge in [0.15, 0.2) is 11.6 Å². The molecule has 4 aromatic rings. The first-order chi connectivity index (χ1) is 13.7. The van der Waals surface area contributed by atoms with E-state index in [1.54, 1.807) is 17.8 Å². The number of nitrogens with zero attached hydrogens (tertiary/aromatic N) is 2. The minimum Gasteiger partial charge on any atom is -0.281 e. The molecule has 0 aliphatic heterocycles. The molecule has 0 saturated carbocycles. The van der Waals surface area contributed by atoms with Gasteiger partial charge in [0.2, 0.25) is 0 Å². The molecule has 2 aromatic carbocycles. The number of thiazole rings is 1. The highest BCUT2D eigenvalue weighted by Gasteiger charge is 2.37. The third-order valence-electron chi connectivity index (χ3n) is 5.26. The van der Waals surface area contributed by atoms with Crippen LogP contribution in [0, 0.1) is 11.6 Å². The van der Waals surface area contributed by atoms with Crippen molar-refractivity contribution in [2.75, 3.05) is 0 Å². The highest BCUT2D eigenvalue weighted by atomic mass is 32.1. The number of aromatic amines is 1. The highest BCUT2D eigenvalue weighted by Crippen LogP contribution is 2.43. The van der Waals surface area contributed by atoms with Gasteiger partial charge in [-0.1, -0.05) is 48.6 Å². The van der Waals surface area contributed by atoms with Crippen LogP contribution in [0.5, 0.6) is 0 Å². The lowest BCUT2D eigenvalue weighted by molar-refractivity contribution is 0.502. The topological polar surface area (TPSA) is 41.6 Å².